The monoisotopic (exact) mass is 370 g/mol. The minimum absolute atomic E-state index is 0.00895. The second-order valence-electron chi connectivity index (χ2n) is 6.74. The van der Waals surface area contributed by atoms with E-state index in [1.807, 2.05) is 0 Å². The number of carbonyl (C=O) groups excluding carboxylic acids is 1. The first kappa shape index (κ1) is 16.8. The number of alkyl halides is 4. The van der Waals surface area contributed by atoms with E-state index in [9.17, 15) is 22.4 Å². The summed E-state index contributed by atoms with van der Waals surface area (Å²) in [6.07, 6.45) is -0.949. The summed E-state index contributed by atoms with van der Waals surface area (Å²) in [5.41, 5.74) is 5.38. The SMILES string of the molecule is Nc1ncc(-c2cn(C34CC(F)C(C3)C4)c(C=O)n2)cc1OC(F)(F)F. The summed E-state index contributed by atoms with van der Waals surface area (Å²) in [6, 6.07) is 1.06. The van der Waals surface area contributed by atoms with Crippen molar-refractivity contribution in [3.8, 4) is 17.0 Å². The predicted octanol–water partition coefficient (Wildman–Crippen LogP) is 3.09. The maximum atomic E-state index is 13.8. The van der Waals surface area contributed by atoms with Gasteiger partial charge in [0.05, 0.1) is 5.69 Å². The highest BCUT2D eigenvalue weighted by Crippen LogP contribution is 2.58. The van der Waals surface area contributed by atoms with Crippen LogP contribution < -0.4 is 10.5 Å². The van der Waals surface area contributed by atoms with Crippen LogP contribution in [0.1, 0.15) is 29.9 Å². The second-order valence-corrected chi connectivity index (χ2v) is 6.74. The third-order valence-electron chi connectivity index (χ3n) is 5.12. The van der Waals surface area contributed by atoms with Crippen molar-refractivity contribution in [1.82, 2.24) is 14.5 Å². The first-order chi connectivity index (χ1) is 12.2. The van der Waals surface area contributed by atoms with Gasteiger partial charge in [-0.1, -0.05) is 0 Å². The number of ether oxygens (including phenoxy) is 1. The molecule has 0 saturated heterocycles. The lowest BCUT2D eigenvalue weighted by atomic mass is 9.76. The van der Waals surface area contributed by atoms with E-state index in [2.05, 4.69) is 14.7 Å². The van der Waals surface area contributed by atoms with E-state index >= 15 is 0 Å². The Morgan fingerprint density at radius 3 is 2.65 bits per heavy atom. The fraction of sp³-hybridized carbons (Fsp3) is 0.438. The van der Waals surface area contributed by atoms with Crippen molar-refractivity contribution in [3.05, 3.63) is 24.3 Å². The predicted molar refractivity (Wildman–Crippen MR) is 82.2 cm³/mol. The standard InChI is InChI=1S/C16H14F4N4O2/c17-10-4-15(2-9(10)3-15)24-6-11(23-13(24)7-25)8-1-12(14(21)22-5-8)26-16(18,19)20/h1,5-7,9-10H,2-4H2,(H2,21,22). The van der Waals surface area contributed by atoms with Crippen LogP contribution in [0.25, 0.3) is 11.3 Å². The van der Waals surface area contributed by atoms with Crippen molar-refractivity contribution in [2.45, 2.75) is 37.3 Å². The summed E-state index contributed by atoms with van der Waals surface area (Å²) in [7, 11) is 0. The van der Waals surface area contributed by atoms with Crippen LogP contribution in [0.2, 0.25) is 0 Å². The first-order valence-electron chi connectivity index (χ1n) is 7.91. The van der Waals surface area contributed by atoms with Crippen LogP contribution in [-0.4, -0.2) is 33.4 Å². The molecular weight excluding hydrogens is 356 g/mol. The molecule has 2 aromatic heterocycles. The fourth-order valence-electron chi connectivity index (χ4n) is 3.96. The molecule has 3 saturated carbocycles. The molecule has 10 heteroatoms. The quantitative estimate of drug-likeness (QED) is 0.661. The molecule has 0 aliphatic heterocycles. The number of carbonyl (C=O) groups is 1. The Balaban J connectivity index is 1.71. The van der Waals surface area contributed by atoms with E-state index in [0.717, 1.165) is 6.07 Å². The molecule has 0 aromatic carbocycles. The third kappa shape index (κ3) is 2.60. The summed E-state index contributed by atoms with van der Waals surface area (Å²) < 4.78 is 56.7. The molecule has 1 unspecified atom stereocenters. The molecule has 2 aromatic rings. The Kier molecular flexibility index (Phi) is 3.50. The van der Waals surface area contributed by atoms with Gasteiger partial charge in [-0.15, -0.1) is 13.2 Å². The van der Waals surface area contributed by atoms with E-state index in [1.165, 1.54) is 6.20 Å². The maximum Gasteiger partial charge on any atom is 0.573 e. The van der Waals surface area contributed by atoms with Gasteiger partial charge >= 0.3 is 6.36 Å². The van der Waals surface area contributed by atoms with Gasteiger partial charge < -0.3 is 15.0 Å². The molecule has 3 fully saturated rings. The van der Waals surface area contributed by atoms with Crippen LogP contribution in [0.3, 0.4) is 0 Å². The number of anilines is 1. The molecular formula is C16H14F4N4O2. The molecule has 1 atom stereocenters. The molecule has 2 heterocycles. The van der Waals surface area contributed by atoms with Gasteiger partial charge in [-0.25, -0.2) is 14.4 Å². The molecule has 2 bridgehead atoms. The fourth-order valence-corrected chi connectivity index (χ4v) is 3.96. The van der Waals surface area contributed by atoms with Crippen molar-refractivity contribution >= 4 is 12.1 Å². The third-order valence-corrected chi connectivity index (χ3v) is 5.12. The number of aromatic nitrogens is 3. The Morgan fingerprint density at radius 1 is 1.35 bits per heavy atom. The van der Waals surface area contributed by atoms with Gasteiger partial charge in [0, 0.05) is 29.9 Å². The van der Waals surface area contributed by atoms with Crippen LogP contribution >= 0.6 is 0 Å². The number of aldehydes is 1. The Bertz CT molecular complexity index is 874. The van der Waals surface area contributed by atoms with Crippen LogP contribution in [-0.2, 0) is 5.54 Å². The summed E-state index contributed by atoms with van der Waals surface area (Å²) >= 11 is 0. The minimum atomic E-state index is -4.92. The number of nitrogens with zero attached hydrogens (tertiary/aromatic N) is 3. The van der Waals surface area contributed by atoms with Gasteiger partial charge in [-0.05, 0) is 24.8 Å². The van der Waals surface area contributed by atoms with Crippen LogP contribution in [0.5, 0.6) is 5.75 Å². The summed E-state index contributed by atoms with van der Waals surface area (Å²) in [6.45, 7) is 0. The Morgan fingerprint density at radius 2 is 2.08 bits per heavy atom. The van der Waals surface area contributed by atoms with E-state index in [-0.39, 0.29) is 23.0 Å². The van der Waals surface area contributed by atoms with E-state index < -0.39 is 29.6 Å². The number of nitrogens with two attached hydrogens (primary N) is 1. The zero-order valence-electron chi connectivity index (χ0n) is 13.3. The summed E-state index contributed by atoms with van der Waals surface area (Å²) in [5, 5.41) is 0. The van der Waals surface area contributed by atoms with Gasteiger partial charge in [-0.3, -0.25) is 4.79 Å². The number of rotatable bonds is 4. The molecule has 5 rings (SSSR count). The molecule has 138 valence electrons. The molecule has 26 heavy (non-hydrogen) atoms. The van der Waals surface area contributed by atoms with Crippen molar-refractivity contribution in [2.24, 2.45) is 5.92 Å². The topological polar surface area (TPSA) is 83.0 Å². The number of imidazole rings is 1. The first-order valence-corrected chi connectivity index (χ1v) is 7.91. The highest BCUT2D eigenvalue weighted by molar-refractivity contribution is 5.73. The zero-order chi connectivity index (χ0) is 18.7. The van der Waals surface area contributed by atoms with Gasteiger partial charge in [0.15, 0.2) is 23.7 Å². The highest BCUT2D eigenvalue weighted by atomic mass is 19.4. The van der Waals surface area contributed by atoms with Crippen molar-refractivity contribution in [2.75, 3.05) is 5.73 Å². The largest absolute Gasteiger partial charge is 0.573 e. The van der Waals surface area contributed by atoms with Crippen LogP contribution in [0.15, 0.2) is 18.5 Å². The Hall–Kier alpha value is -2.65. The van der Waals surface area contributed by atoms with Crippen LogP contribution in [0.4, 0.5) is 23.4 Å². The number of fused-ring (bicyclic) bond motifs is 1. The maximum absolute atomic E-state index is 13.8. The molecule has 3 aliphatic rings. The molecule has 0 spiro atoms. The lowest BCUT2D eigenvalue weighted by Crippen LogP contribution is -2.39. The highest BCUT2D eigenvalue weighted by Gasteiger charge is 2.58. The van der Waals surface area contributed by atoms with Gasteiger partial charge in [0.1, 0.15) is 6.17 Å². The van der Waals surface area contributed by atoms with E-state index in [0.29, 0.717) is 25.5 Å². The molecule has 6 nitrogen and oxygen atoms in total. The zero-order valence-corrected chi connectivity index (χ0v) is 13.3. The Labute approximate surface area is 145 Å². The van der Waals surface area contributed by atoms with Crippen molar-refractivity contribution < 1.29 is 27.1 Å². The van der Waals surface area contributed by atoms with E-state index in [1.54, 1.807) is 10.8 Å². The number of hydrogen-bond acceptors (Lipinski definition) is 5. The number of halogens is 4. The van der Waals surface area contributed by atoms with E-state index in [4.69, 9.17) is 5.73 Å². The molecule has 3 aliphatic carbocycles. The summed E-state index contributed by atoms with van der Waals surface area (Å²) in [4.78, 5) is 19.2. The molecule has 0 amide bonds. The number of hydrogen-bond donors (Lipinski definition) is 1. The number of pyridine rings is 1. The van der Waals surface area contributed by atoms with Gasteiger partial charge in [-0.2, -0.15) is 0 Å². The lowest BCUT2D eigenvalue weighted by molar-refractivity contribution is -0.274. The average molecular weight is 370 g/mol. The smallest absolute Gasteiger partial charge is 0.402 e. The average Bonchev–Trinajstić information content (AvgIpc) is 3.17. The van der Waals surface area contributed by atoms with Gasteiger partial charge in [0.25, 0.3) is 0 Å². The van der Waals surface area contributed by atoms with Gasteiger partial charge in [0.2, 0.25) is 0 Å². The van der Waals surface area contributed by atoms with Crippen molar-refractivity contribution in [1.29, 1.82) is 0 Å². The van der Waals surface area contributed by atoms with Crippen molar-refractivity contribution in [3.63, 3.8) is 0 Å². The minimum Gasteiger partial charge on any atom is -0.402 e. The lowest BCUT2D eigenvalue weighted by Gasteiger charge is -2.39. The summed E-state index contributed by atoms with van der Waals surface area (Å²) in [5.74, 6) is -0.977. The van der Waals surface area contributed by atoms with Crippen LogP contribution in [0, 0.1) is 5.92 Å². The molecule has 2 N–H and O–H groups in total. The molecule has 0 radical (unpaired) electrons. The number of nitrogen functional groups attached to an aromatic ring is 1. The second kappa shape index (κ2) is 5.42. The normalized spacial score (nSPS) is 27.2.